The van der Waals surface area contributed by atoms with Crippen molar-refractivity contribution < 1.29 is 28.5 Å². The number of hydrogen-bond acceptors (Lipinski definition) is 9. The molecule has 3 aromatic rings. The molecule has 0 radical (unpaired) electrons. The predicted octanol–water partition coefficient (Wildman–Crippen LogP) is 4.39. The van der Waals surface area contributed by atoms with Crippen LogP contribution in [-0.4, -0.2) is 80.0 Å². The zero-order valence-electron chi connectivity index (χ0n) is 25.4. The minimum absolute atomic E-state index is 0.120. The molecule has 1 aromatic heterocycles. The quantitative estimate of drug-likeness (QED) is 0.218. The van der Waals surface area contributed by atoms with E-state index in [0.717, 1.165) is 29.9 Å². The van der Waals surface area contributed by atoms with Crippen LogP contribution >= 0.6 is 0 Å². The van der Waals surface area contributed by atoms with Gasteiger partial charge in [0.05, 0.1) is 57.3 Å². The van der Waals surface area contributed by atoms with E-state index in [9.17, 15) is 4.79 Å². The first-order chi connectivity index (χ1) is 20.8. The Labute approximate surface area is 252 Å². The zero-order valence-corrected chi connectivity index (χ0v) is 25.4. The summed E-state index contributed by atoms with van der Waals surface area (Å²) in [5, 5.41) is 0. The largest absolute Gasteiger partial charge is 0.493 e. The fourth-order valence-electron chi connectivity index (χ4n) is 8.56. The van der Waals surface area contributed by atoms with Gasteiger partial charge in [-0.15, -0.1) is 0 Å². The number of pyridine rings is 1. The van der Waals surface area contributed by atoms with Gasteiger partial charge in [-0.25, -0.2) is 4.79 Å². The second-order valence-electron chi connectivity index (χ2n) is 12.0. The summed E-state index contributed by atoms with van der Waals surface area (Å²) in [6, 6.07) is 14.3. The van der Waals surface area contributed by atoms with Gasteiger partial charge >= 0.3 is 5.97 Å². The second kappa shape index (κ2) is 9.99. The molecule has 4 aliphatic heterocycles. The van der Waals surface area contributed by atoms with Crippen molar-refractivity contribution in [3.8, 4) is 23.0 Å². The molecule has 2 saturated heterocycles. The van der Waals surface area contributed by atoms with Crippen LogP contribution in [0.3, 0.4) is 0 Å². The van der Waals surface area contributed by atoms with E-state index in [-0.39, 0.29) is 35.8 Å². The summed E-state index contributed by atoms with van der Waals surface area (Å²) in [5.74, 6) is 2.46. The minimum Gasteiger partial charge on any atom is -0.493 e. The number of nitrogens with zero attached hydrogens (tertiary/aromatic N) is 3. The fourth-order valence-corrected chi connectivity index (χ4v) is 8.56. The Morgan fingerprint density at radius 1 is 0.953 bits per heavy atom. The molecule has 2 aromatic carbocycles. The van der Waals surface area contributed by atoms with Crippen molar-refractivity contribution in [3.05, 3.63) is 82.7 Å². The van der Waals surface area contributed by atoms with Gasteiger partial charge < -0.3 is 23.7 Å². The molecule has 0 N–H and O–H groups in total. The highest BCUT2D eigenvalue weighted by Gasteiger charge is 2.86. The van der Waals surface area contributed by atoms with Gasteiger partial charge in [0, 0.05) is 18.3 Å². The molecular weight excluding hydrogens is 546 g/mol. The van der Waals surface area contributed by atoms with Crippen molar-refractivity contribution >= 4 is 12.0 Å². The summed E-state index contributed by atoms with van der Waals surface area (Å²) in [7, 11) is 8.92. The lowest BCUT2D eigenvalue weighted by Gasteiger charge is -2.45. The van der Waals surface area contributed by atoms with Crippen molar-refractivity contribution in [3.63, 3.8) is 0 Å². The van der Waals surface area contributed by atoms with E-state index in [1.165, 1.54) is 22.8 Å². The van der Waals surface area contributed by atoms with E-state index < -0.39 is 5.97 Å². The standard InChI is InChI=1S/C34H37N3O6/c1-33-30-15-20-13-26(39-3)29(42-6)17-24(20)32(36(30)2)34(33)18-21-14-27(40-4)28(41-5)16-23(21)25(37(33)34)19-43-31(38)11-10-22-9-7-8-12-35-22/h7-14,16-17,25,30,32H,15,18-19H2,1-6H3. The maximum Gasteiger partial charge on any atom is 0.330 e. The van der Waals surface area contributed by atoms with Crippen LogP contribution in [-0.2, 0) is 22.4 Å². The summed E-state index contributed by atoms with van der Waals surface area (Å²) in [5.41, 5.74) is 5.19. The maximum atomic E-state index is 12.9. The molecule has 6 unspecified atom stereocenters. The number of hydrogen-bond donors (Lipinski definition) is 0. The van der Waals surface area contributed by atoms with Crippen molar-refractivity contribution in [2.45, 2.75) is 49.0 Å². The Bertz CT molecular complexity index is 1630. The summed E-state index contributed by atoms with van der Waals surface area (Å²) in [4.78, 5) is 22.4. The van der Waals surface area contributed by atoms with E-state index in [1.54, 1.807) is 40.7 Å². The van der Waals surface area contributed by atoms with Crippen LogP contribution in [0.15, 0.2) is 54.7 Å². The van der Waals surface area contributed by atoms with Crippen LogP contribution in [0.2, 0.25) is 0 Å². The highest BCUT2D eigenvalue weighted by atomic mass is 16.5. The SMILES string of the molecule is COc1cc2c(cc1OC)C(COC(=O)C=Cc1ccccn1)N1C3(C)C4Cc5cc(OC)c(OC)cc5C(N4C)C13C2. The van der Waals surface area contributed by atoms with Gasteiger partial charge in [-0.3, -0.25) is 14.8 Å². The van der Waals surface area contributed by atoms with Crippen molar-refractivity contribution in [2.24, 2.45) is 0 Å². The molecular formula is C34H37N3O6. The summed E-state index contributed by atoms with van der Waals surface area (Å²) in [6.07, 6.45) is 6.54. The number of ether oxygens (including phenoxy) is 5. The normalized spacial score (nSPS) is 29.6. The number of carbonyl (C=O) groups is 1. The van der Waals surface area contributed by atoms with Gasteiger partial charge in [-0.05, 0) is 91.5 Å². The van der Waals surface area contributed by atoms with E-state index >= 15 is 0 Å². The Morgan fingerprint density at radius 2 is 1.60 bits per heavy atom. The number of methoxy groups -OCH3 is 4. The molecule has 1 spiro atoms. The Kier molecular flexibility index (Phi) is 6.45. The van der Waals surface area contributed by atoms with Gasteiger partial charge in [-0.2, -0.15) is 0 Å². The summed E-state index contributed by atoms with van der Waals surface area (Å²) < 4.78 is 28.8. The molecule has 0 amide bonds. The van der Waals surface area contributed by atoms with Crippen LogP contribution in [0, 0.1) is 0 Å². The third kappa shape index (κ3) is 3.77. The molecule has 9 heteroatoms. The first-order valence-electron chi connectivity index (χ1n) is 14.6. The minimum atomic E-state index is -0.399. The van der Waals surface area contributed by atoms with Crippen molar-refractivity contribution in [1.29, 1.82) is 0 Å². The Morgan fingerprint density at radius 3 is 2.26 bits per heavy atom. The summed E-state index contributed by atoms with van der Waals surface area (Å²) in [6.45, 7) is 2.60. The maximum absolute atomic E-state index is 12.9. The zero-order chi connectivity index (χ0) is 30.1. The van der Waals surface area contributed by atoms with Gasteiger partial charge in [0.1, 0.15) is 6.61 Å². The van der Waals surface area contributed by atoms with E-state index in [1.807, 2.05) is 18.2 Å². The molecule has 4 aliphatic rings. The number of esters is 1. The fraction of sp³-hybridized carbons (Fsp3) is 0.412. The number of likely N-dealkylation sites (N-methyl/N-ethyl adjacent to an activating group) is 1. The van der Waals surface area contributed by atoms with Gasteiger partial charge in [-0.1, -0.05) is 6.07 Å². The molecule has 2 bridgehead atoms. The Hall–Kier alpha value is -4.08. The van der Waals surface area contributed by atoms with Crippen LogP contribution in [0.5, 0.6) is 23.0 Å². The molecule has 2 fully saturated rings. The average Bonchev–Trinajstić information content (AvgIpc) is 3.55. The van der Waals surface area contributed by atoms with Crippen LogP contribution < -0.4 is 18.9 Å². The smallest absolute Gasteiger partial charge is 0.330 e. The topological polar surface area (TPSA) is 82.4 Å². The number of piperazine rings is 1. The number of rotatable bonds is 8. The lowest BCUT2D eigenvalue weighted by molar-refractivity contribution is -0.139. The molecule has 43 heavy (non-hydrogen) atoms. The number of benzene rings is 2. The molecule has 0 aliphatic carbocycles. The van der Waals surface area contributed by atoms with Crippen LogP contribution in [0.25, 0.3) is 6.08 Å². The van der Waals surface area contributed by atoms with E-state index in [2.05, 4.69) is 53.0 Å². The lowest BCUT2D eigenvalue weighted by Crippen LogP contribution is -2.49. The molecule has 7 rings (SSSR count). The number of aromatic nitrogens is 1. The van der Waals surface area contributed by atoms with Gasteiger partial charge in [0.2, 0.25) is 0 Å². The summed E-state index contributed by atoms with van der Waals surface area (Å²) >= 11 is 0. The van der Waals surface area contributed by atoms with Crippen molar-refractivity contribution in [2.75, 3.05) is 42.1 Å². The molecule has 0 saturated carbocycles. The highest BCUT2D eigenvalue weighted by molar-refractivity contribution is 5.86. The molecule has 9 nitrogen and oxygen atoms in total. The highest BCUT2D eigenvalue weighted by Crippen LogP contribution is 2.75. The third-order valence-electron chi connectivity index (χ3n) is 10.3. The lowest BCUT2D eigenvalue weighted by atomic mass is 9.79. The first-order valence-corrected chi connectivity index (χ1v) is 14.6. The monoisotopic (exact) mass is 583 g/mol. The number of fused-ring (bicyclic) bond motifs is 7. The van der Waals surface area contributed by atoms with Crippen LogP contribution in [0.1, 0.15) is 47.0 Å². The van der Waals surface area contributed by atoms with Crippen LogP contribution in [0.4, 0.5) is 0 Å². The molecule has 224 valence electrons. The molecule has 6 atom stereocenters. The van der Waals surface area contributed by atoms with Crippen molar-refractivity contribution in [1.82, 2.24) is 14.8 Å². The third-order valence-corrected chi connectivity index (χ3v) is 10.3. The Balaban J connectivity index is 1.29. The average molecular weight is 584 g/mol. The van der Waals surface area contributed by atoms with E-state index in [4.69, 9.17) is 23.7 Å². The molecule has 5 heterocycles. The van der Waals surface area contributed by atoms with Gasteiger partial charge in [0.15, 0.2) is 23.0 Å². The predicted molar refractivity (Wildman–Crippen MR) is 161 cm³/mol. The first kappa shape index (κ1) is 27.7. The number of carbonyl (C=O) groups excluding carboxylic acids is 1. The van der Waals surface area contributed by atoms with Gasteiger partial charge in [0.25, 0.3) is 0 Å². The second-order valence-corrected chi connectivity index (χ2v) is 12.0. The van der Waals surface area contributed by atoms with E-state index in [0.29, 0.717) is 17.2 Å².